The van der Waals surface area contributed by atoms with E-state index in [-0.39, 0.29) is 0 Å². The van der Waals surface area contributed by atoms with Gasteiger partial charge in [0.1, 0.15) is 0 Å². The molecule has 4 nitrogen and oxygen atoms in total. The Kier molecular flexibility index (Phi) is 4.86. The van der Waals surface area contributed by atoms with Crippen LogP contribution in [-0.4, -0.2) is 43.3 Å². The first-order valence-electron chi connectivity index (χ1n) is 9.42. The smallest absolute Gasteiger partial charge is 0.243 e. The van der Waals surface area contributed by atoms with Gasteiger partial charge in [0.05, 0.1) is 4.90 Å². The molecule has 1 fully saturated rings. The van der Waals surface area contributed by atoms with Crippen LogP contribution in [0.25, 0.3) is 0 Å². The molecule has 26 heavy (non-hydrogen) atoms. The highest BCUT2D eigenvalue weighted by Crippen LogP contribution is 2.27. The largest absolute Gasteiger partial charge is 0.294 e. The fraction of sp³-hybridized carbons (Fsp3) is 0.429. The van der Waals surface area contributed by atoms with Gasteiger partial charge in [0.2, 0.25) is 10.0 Å². The standard InChI is InChI=1S/C21H26N2O2S/c1-17-8-10-21(11-9-17)26(24,25)23-13-4-7-20(16-23)22-14-12-18-5-2-3-6-19(18)15-22/h2-3,5-6,8-11,20H,4,7,12-16H2,1H3/t20-/m0/s1. The topological polar surface area (TPSA) is 40.6 Å². The fourth-order valence-electron chi connectivity index (χ4n) is 4.13. The predicted octanol–water partition coefficient (Wildman–Crippen LogP) is 3.21. The molecule has 0 bridgehead atoms. The molecule has 1 atom stereocenters. The van der Waals surface area contributed by atoms with Crippen LogP contribution in [0.4, 0.5) is 0 Å². The summed E-state index contributed by atoms with van der Waals surface area (Å²) in [7, 11) is -3.40. The van der Waals surface area contributed by atoms with Gasteiger partial charge in [-0.15, -0.1) is 0 Å². The number of benzene rings is 2. The average Bonchev–Trinajstić information content (AvgIpc) is 2.68. The zero-order chi connectivity index (χ0) is 18.1. The molecule has 2 heterocycles. The van der Waals surface area contributed by atoms with Gasteiger partial charge in [-0.05, 0) is 49.4 Å². The van der Waals surface area contributed by atoms with Gasteiger partial charge < -0.3 is 0 Å². The number of piperidine rings is 1. The molecule has 138 valence electrons. The van der Waals surface area contributed by atoms with Crippen LogP contribution in [0.15, 0.2) is 53.4 Å². The van der Waals surface area contributed by atoms with E-state index in [0.29, 0.717) is 24.0 Å². The minimum Gasteiger partial charge on any atom is -0.294 e. The van der Waals surface area contributed by atoms with E-state index >= 15 is 0 Å². The van der Waals surface area contributed by atoms with Gasteiger partial charge in [0.25, 0.3) is 0 Å². The first kappa shape index (κ1) is 17.7. The summed E-state index contributed by atoms with van der Waals surface area (Å²) in [5, 5.41) is 0. The van der Waals surface area contributed by atoms with Crippen molar-refractivity contribution in [3.8, 4) is 0 Å². The van der Waals surface area contributed by atoms with Gasteiger partial charge in [-0.1, -0.05) is 42.0 Å². The van der Waals surface area contributed by atoms with Crippen molar-refractivity contribution in [2.24, 2.45) is 0 Å². The number of hydrogen-bond acceptors (Lipinski definition) is 3. The van der Waals surface area contributed by atoms with E-state index < -0.39 is 10.0 Å². The Balaban J connectivity index is 1.50. The minimum absolute atomic E-state index is 0.303. The molecule has 0 radical (unpaired) electrons. The third kappa shape index (κ3) is 3.43. The number of aryl methyl sites for hydroxylation is 1. The van der Waals surface area contributed by atoms with Crippen LogP contribution in [0, 0.1) is 6.92 Å². The Morgan fingerprint density at radius 1 is 0.962 bits per heavy atom. The molecule has 2 aromatic rings. The van der Waals surface area contributed by atoms with Crippen molar-refractivity contribution < 1.29 is 8.42 Å². The van der Waals surface area contributed by atoms with E-state index in [1.807, 2.05) is 19.1 Å². The molecular formula is C21H26N2O2S. The van der Waals surface area contributed by atoms with Crippen LogP contribution >= 0.6 is 0 Å². The molecule has 2 aliphatic rings. The van der Waals surface area contributed by atoms with E-state index in [0.717, 1.165) is 37.9 Å². The Morgan fingerprint density at radius 2 is 1.69 bits per heavy atom. The normalized spacial score (nSPS) is 22.1. The first-order valence-corrected chi connectivity index (χ1v) is 10.9. The SMILES string of the molecule is Cc1ccc(S(=O)(=O)N2CCC[C@H](N3CCc4ccccc4C3)C2)cc1. The van der Waals surface area contributed by atoms with E-state index in [9.17, 15) is 8.42 Å². The highest BCUT2D eigenvalue weighted by molar-refractivity contribution is 7.89. The van der Waals surface area contributed by atoms with Gasteiger partial charge in [0, 0.05) is 32.2 Å². The summed E-state index contributed by atoms with van der Waals surface area (Å²) >= 11 is 0. The summed E-state index contributed by atoms with van der Waals surface area (Å²) in [6, 6.07) is 16.1. The summed E-state index contributed by atoms with van der Waals surface area (Å²) in [5.74, 6) is 0. The van der Waals surface area contributed by atoms with Crippen LogP contribution in [0.5, 0.6) is 0 Å². The molecule has 0 unspecified atom stereocenters. The fourth-order valence-corrected chi connectivity index (χ4v) is 5.64. The second-order valence-electron chi connectivity index (χ2n) is 7.46. The van der Waals surface area contributed by atoms with Crippen molar-refractivity contribution in [2.45, 2.75) is 43.7 Å². The summed E-state index contributed by atoms with van der Waals surface area (Å²) in [4.78, 5) is 2.88. The molecule has 0 aliphatic carbocycles. The molecule has 0 amide bonds. The highest BCUT2D eigenvalue weighted by atomic mass is 32.2. The van der Waals surface area contributed by atoms with Crippen molar-refractivity contribution in [1.29, 1.82) is 0 Å². The van der Waals surface area contributed by atoms with Crippen LogP contribution < -0.4 is 0 Å². The van der Waals surface area contributed by atoms with Gasteiger partial charge in [-0.2, -0.15) is 4.31 Å². The van der Waals surface area contributed by atoms with Crippen molar-refractivity contribution in [3.63, 3.8) is 0 Å². The van der Waals surface area contributed by atoms with Crippen molar-refractivity contribution >= 4 is 10.0 Å². The summed E-state index contributed by atoms with van der Waals surface area (Å²) in [6.07, 6.45) is 3.05. The van der Waals surface area contributed by atoms with Crippen LogP contribution in [0.3, 0.4) is 0 Å². The number of fused-ring (bicyclic) bond motifs is 1. The molecule has 2 aromatic carbocycles. The van der Waals surface area contributed by atoms with Crippen LogP contribution in [0.1, 0.15) is 29.5 Å². The third-order valence-corrected chi connectivity index (χ3v) is 7.57. The van der Waals surface area contributed by atoms with E-state index in [4.69, 9.17) is 0 Å². The van der Waals surface area contributed by atoms with Gasteiger partial charge >= 0.3 is 0 Å². The molecule has 2 aliphatic heterocycles. The lowest BCUT2D eigenvalue weighted by molar-refractivity contribution is 0.122. The number of rotatable bonds is 3. The molecule has 0 saturated carbocycles. The number of sulfonamides is 1. The van der Waals surface area contributed by atoms with Crippen molar-refractivity contribution in [1.82, 2.24) is 9.21 Å². The molecular weight excluding hydrogens is 344 g/mol. The summed E-state index contributed by atoms with van der Waals surface area (Å²) in [5.41, 5.74) is 3.90. The molecule has 0 N–H and O–H groups in total. The van der Waals surface area contributed by atoms with Gasteiger partial charge in [0.15, 0.2) is 0 Å². The van der Waals surface area contributed by atoms with Gasteiger partial charge in [-0.3, -0.25) is 4.90 Å². The number of hydrogen-bond donors (Lipinski definition) is 0. The van der Waals surface area contributed by atoms with Gasteiger partial charge in [-0.25, -0.2) is 8.42 Å². The van der Waals surface area contributed by atoms with Crippen LogP contribution in [0.2, 0.25) is 0 Å². The minimum atomic E-state index is -3.40. The Morgan fingerprint density at radius 3 is 2.46 bits per heavy atom. The average molecular weight is 371 g/mol. The third-order valence-electron chi connectivity index (χ3n) is 5.69. The maximum Gasteiger partial charge on any atom is 0.243 e. The zero-order valence-electron chi connectivity index (χ0n) is 15.3. The molecule has 5 heteroatoms. The summed E-state index contributed by atoms with van der Waals surface area (Å²) in [6.45, 7) is 5.14. The maximum atomic E-state index is 13.0. The lowest BCUT2D eigenvalue weighted by atomic mass is 9.96. The zero-order valence-corrected chi connectivity index (χ0v) is 16.1. The molecule has 1 saturated heterocycles. The first-order chi connectivity index (χ1) is 12.5. The Bertz CT molecular complexity index is 877. The second kappa shape index (κ2) is 7.14. The van der Waals surface area contributed by atoms with Crippen molar-refractivity contribution in [2.75, 3.05) is 19.6 Å². The Labute approximate surface area is 156 Å². The van der Waals surface area contributed by atoms with Crippen molar-refractivity contribution in [3.05, 3.63) is 65.2 Å². The highest BCUT2D eigenvalue weighted by Gasteiger charge is 2.33. The van der Waals surface area contributed by atoms with E-state index in [1.54, 1.807) is 16.4 Å². The Hall–Kier alpha value is -1.69. The second-order valence-corrected chi connectivity index (χ2v) is 9.40. The molecule has 0 spiro atoms. The van der Waals surface area contributed by atoms with E-state index in [2.05, 4.69) is 29.2 Å². The van der Waals surface area contributed by atoms with E-state index in [1.165, 1.54) is 11.1 Å². The monoisotopic (exact) mass is 370 g/mol. The summed E-state index contributed by atoms with van der Waals surface area (Å²) < 4.78 is 27.8. The lowest BCUT2D eigenvalue weighted by Crippen LogP contribution is -2.50. The molecule has 4 rings (SSSR count). The predicted molar refractivity (Wildman–Crippen MR) is 104 cm³/mol. The maximum absolute atomic E-state index is 13.0. The quantitative estimate of drug-likeness (QED) is 0.833. The molecule has 0 aromatic heterocycles. The van der Waals surface area contributed by atoms with Crippen LogP contribution in [-0.2, 0) is 23.0 Å². The lowest BCUT2D eigenvalue weighted by Gasteiger charge is -2.41. The number of nitrogens with zero attached hydrogens (tertiary/aromatic N) is 2.